The molecule has 6 heteroatoms. The zero-order chi connectivity index (χ0) is 12.5. The van der Waals surface area contributed by atoms with E-state index in [4.69, 9.17) is 9.15 Å². The van der Waals surface area contributed by atoms with Crippen molar-refractivity contribution >= 4 is 17.2 Å². The van der Waals surface area contributed by atoms with Crippen molar-refractivity contribution in [2.24, 2.45) is 0 Å². The van der Waals surface area contributed by atoms with E-state index in [2.05, 4.69) is 4.98 Å². The number of likely N-dealkylation sites (tertiary alicyclic amines) is 1. The van der Waals surface area contributed by atoms with Gasteiger partial charge in [0.2, 0.25) is 0 Å². The summed E-state index contributed by atoms with van der Waals surface area (Å²) in [6.07, 6.45) is 3.27. The van der Waals surface area contributed by atoms with Crippen LogP contribution in [0.1, 0.15) is 16.1 Å². The third kappa shape index (κ3) is 1.99. The minimum atomic E-state index is -0.0727. The largest absolute Gasteiger partial charge is 0.463 e. The van der Waals surface area contributed by atoms with Crippen molar-refractivity contribution in [3.63, 3.8) is 0 Å². The molecule has 1 aliphatic rings. The summed E-state index contributed by atoms with van der Waals surface area (Å²) >= 11 is 1.46. The Morgan fingerprint density at radius 3 is 3.06 bits per heavy atom. The van der Waals surface area contributed by atoms with Crippen molar-refractivity contribution in [1.82, 2.24) is 9.88 Å². The Balaban J connectivity index is 1.56. The molecule has 1 fully saturated rings. The number of aryl methyl sites for hydroxylation is 1. The third-order valence-corrected chi connectivity index (χ3v) is 3.53. The molecule has 3 rings (SSSR count). The van der Waals surface area contributed by atoms with Crippen LogP contribution in [-0.2, 0) is 0 Å². The summed E-state index contributed by atoms with van der Waals surface area (Å²) in [5.74, 6) is 0.346. The van der Waals surface area contributed by atoms with E-state index in [1.807, 2.05) is 12.3 Å². The highest BCUT2D eigenvalue weighted by atomic mass is 32.1. The van der Waals surface area contributed by atoms with E-state index >= 15 is 0 Å². The number of hydrogen-bond acceptors (Lipinski definition) is 5. The summed E-state index contributed by atoms with van der Waals surface area (Å²) in [7, 11) is 0. The Morgan fingerprint density at radius 2 is 2.44 bits per heavy atom. The summed E-state index contributed by atoms with van der Waals surface area (Å²) in [4.78, 5) is 17.8. The standard InChI is InChI=1S/C12H12N2O3S/c1-8-2-4-16-10(8)11(15)14-6-9(7-14)17-12-13-3-5-18-12/h2-5,9H,6-7H2,1H3. The lowest BCUT2D eigenvalue weighted by Crippen LogP contribution is -2.56. The second-order valence-corrected chi connectivity index (χ2v) is 5.04. The lowest BCUT2D eigenvalue weighted by atomic mass is 10.1. The minimum absolute atomic E-state index is 0.0374. The van der Waals surface area contributed by atoms with E-state index < -0.39 is 0 Å². The number of hydrogen-bond donors (Lipinski definition) is 0. The second kappa shape index (κ2) is 4.45. The molecule has 2 aromatic rings. The molecule has 0 aromatic carbocycles. The first-order valence-corrected chi connectivity index (χ1v) is 6.51. The third-order valence-electron chi connectivity index (χ3n) is 2.87. The molecule has 0 bridgehead atoms. The lowest BCUT2D eigenvalue weighted by Gasteiger charge is -2.37. The molecule has 94 valence electrons. The van der Waals surface area contributed by atoms with Gasteiger partial charge in [0.25, 0.3) is 11.1 Å². The van der Waals surface area contributed by atoms with Crippen LogP contribution >= 0.6 is 11.3 Å². The predicted molar refractivity (Wildman–Crippen MR) is 65.9 cm³/mol. The van der Waals surface area contributed by atoms with E-state index in [1.54, 1.807) is 17.2 Å². The Hall–Kier alpha value is -1.82. The van der Waals surface area contributed by atoms with E-state index in [0.717, 1.165) is 5.56 Å². The van der Waals surface area contributed by atoms with Crippen molar-refractivity contribution < 1.29 is 13.9 Å². The van der Waals surface area contributed by atoms with Gasteiger partial charge in [0.15, 0.2) is 5.76 Å². The van der Waals surface area contributed by atoms with E-state index in [0.29, 0.717) is 24.0 Å². The normalized spacial score (nSPS) is 15.5. The van der Waals surface area contributed by atoms with Crippen LogP contribution in [0.4, 0.5) is 0 Å². The molecule has 0 aliphatic carbocycles. The SMILES string of the molecule is Cc1ccoc1C(=O)N1CC(Oc2nccs2)C1. The molecule has 0 atom stereocenters. The average molecular weight is 264 g/mol. The molecule has 0 spiro atoms. The highest BCUT2D eigenvalue weighted by Crippen LogP contribution is 2.22. The maximum atomic E-state index is 12.0. The summed E-state index contributed by atoms with van der Waals surface area (Å²) in [5.41, 5.74) is 0.865. The van der Waals surface area contributed by atoms with E-state index in [1.165, 1.54) is 17.6 Å². The fourth-order valence-corrected chi connectivity index (χ4v) is 2.38. The van der Waals surface area contributed by atoms with Gasteiger partial charge in [-0.25, -0.2) is 4.98 Å². The predicted octanol–water partition coefficient (Wildman–Crippen LogP) is 1.95. The molecule has 2 aromatic heterocycles. The van der Waals surface area contributed by atoms with Crippen LogP contribution in [0, 0.1) is 6.92 Å². The number of rotatable bonds is 3. The highest BCUT2D eigenvalue weighted by Gasteiger charge is 2.34. The maximum absolute atomic E-state index is 12.0. The van der Waals surface area contributed by atoms with E-state index in [-0.39, 0.29) is 12.0 Å². The van der Waals surface area contributed by atoms with Crippen LogP contribution in [-0.4, -0.2) is 35.0 Å². The van der Waals surface area contributed by atoms with Crippen LogP contribution in [0.15, 0.2) is 28.3 Å². The van der Waals surface area contributed by atoms with Crippen molar-refractivity contribution in [3.8, 4) is 5.19 Å². The monoisotopic (exact) mass is 264 g/mol. The maximum Gasteiger partial charge on any atom is 0.290 e. The lowest BCUT2D eigenvalue weighted by molar-refractivity contribution is 0.0154. The molecular weight excluding hydrogens is 252 g/mol. The van der Waals surface area contributed by atoms with Crippen molar-refractivity contribution in [2.45, 2.75) is 13.0 Å². The van der Waals surface area contributed by atoms with Gasteiger partial charge in [0.1, 0.15) is 6.10 Å². The molecule has 0 N–H and O–H groups in total. The summed E-state index contributed by atoms with van der Waals surface area (Å²) in [6.45, 7) is 3.02. The van der Waals surface area contributed by atoms with Gasteiger partial charge in [-0.3, -0.25) is 4.79 Å². The molecular formula is C12H12N2O3S. The first-order chi connectivity index (χ1) is 8.74. The number of ether oxygens (including phenoxy) is 1. The smallest absolute Gasteiger partial charge is 0.290 e. The fourth-order valence-electron chi connectivity index (χ4n) is 1.83. The number of furan rings is 1. The summed E-state index contributed by atoms with van der Waals surface area (Å²) in [5, 5.41) is 2.52. The molecule has 18 heavy (non-hydrogen) atoms. The molecule has 1 aliphatic heterocycles. The Kier molecular flexibility index (Phi) is 2.79. The van der Waals surface area contributed by atoms with Gasteiger partial charge in [-0.15, -0.1) is 0 Å². The van der Waals surface area contributed by atoms with Gasteiger partial charge in [-0.1, -0.05) is 11.3 Å². The Morgan fingerprint density at radius 1 is 1.61 bits per heavy atom. The molecule has 5 nitrogen and oxygen atoms in total. The number of thiazole rings is 1. The van der Waals surface area contributed by atoms with Gasteiger partial charge >= 0.3 is 0 Å². The average Bonchev–Trinajstić information content (AvgIpc) is 2.93. The minimum Gasteiger partial charge on any atom is -0.463 e. The van der Waals surface area contributed by atoms with Gasteiger partial charge in [-0.05, 0) is 13.0 Å². The van der Waals surface area contributed by atoms with E-state index in [9.17, 15) is 4.79 Å². The van der Waals surface area contributed by atoms with Crippen LogP contribution in [0.2, 0.25) is 0 Å². The van der Waals surface area contributed by atoms with Crippen LogP contribution in [0.25, 0.3) is 0 Å². The fraction of sp³-hybridized carbons (Fsp3) is 0.333. The number of aromatic nitrogens is 1. The van der Waals surface area contributed by atoms with Crippen LogP contribution in [0.5, 0.6) is 5.19 Å². The topological polar surface area (TPSA) is 55.6 Å². The summed E-state index contributed by atoms with van der Waals surface area (Å²) < 4.78 is 10.8. The Labute approximate surface area is 108 Å². The number of amides is 1. The quantitative estimate of drug-likeness (QED) is 0.850. The first-order valence-electron chi connectivity index (χ1n) is 5.63. The molecule has 3 heterocycles. The second-order valence-electron chi connectivity index (χ2n) is 4.18. The Bertz CT molecular complexity index is 543. The summed E-state index contributed by atoms with van der Waals surface area (Å²) in [6, 6.07) is 1.79. The van der Waals surface area contributed by atoms with Gasteiger partial charge in [0.05, 0.1) is 19.4 Å². The van der Waals surface area contributed by atoms with Crippen molar-refractivity contribution in [3.05, 3.63) is 35.2 Å². The number of carbonyl (C=O) groups is 1. The first kappa shape index (κ1) is 11.3. The van der Waals surface area contributed by atoms with Gasteiger partial charge < -0.3 is 14.1 Å². The zero-order valence-electron chi connectivity index (χ0n) is 9.83. The molecule has 0 radical (unpaired) electrons. The molecule has 1 amide bonds. The van der Waals surface area contributed by atoms with Crippen LogP contribution in [0.3, 0.4) is 0 Å². The molecule has 1 saturated heterocycles. The van der Waals surface area contributed by atoms with Gasteiger partial charge in [0, 0.05) is 17.1 Å². The number of carbonyl (C=O) groups excluding carboxylic acids is 1. The zero-order valence-corrected chi connectivity index (χ0v) is 10.6. The highest BCUT2D eigenvalue weighted by molar-refractivity contribution is 7.11. The van der Waals surface area contributed by atoms with Crippen molar-refractivity contribution in [2.75, 3.05) is 13.1 Å². The molecule has 0 saturated carbocycles. The van der Waals surface area contributed by atoms with Crippen molar-refractivity contribution in [1.29, 1.82) is 0 Å². The molecule has 0 unspecified atom stereocenters. The van der Waals surface area contributed by atoms with Crippen LogP contribution < -0.4 is 4.74 Å². The van der Waals surface area contributed by atoms with Gasteiger partial charge in [-0.2, -0.15) is 0 Å². The number of nitrogens with zero attached hydrogens (tertiary/aromatic N) is 2.